The van der Waals surface area contributed by atoms with Gasteiger partial charge in [-0.15, -0.1) is 0 Å². The molecule has 234 valence electrons. The van der Waals surface area contributed by atoms with Gasteiger partial charge in [0.25, 0.3) is 0 Å². The van der Waals surface area contributed by atoms with Gasteiger partial charge in [0.15, 0.2) is 29.1 Å². The maximum atomic E-state index is 13.0. The van der Waals surface area contributed by atoms with Crippen LogP contribution in [0.25, 0.3) is 22.3 Å². The number of methoxy groups -OCH3 is 1. The number of hydrogen-bond acceptors (Lipinski definition) is 14. The Hall–Kier alpha value is -5.11. The van der Waals surface area contributed by atoms with Crippen molar-refractivity contribution in [3.63, 3.8) is 0 Å². The number of esters is 4. The van der Waals surface area contributed by atoms with Gasteiger partial charge in [-0.25, -0.2) is 0 Å². The molecule has 3 aromatic rings. The molecule has 1 aliphatic rings. The van der Waals surface area contributed by atoms with Crippen LogP contribution in [-0.4, -0.2) is 73.4 Å². The number of carbonyl (C=O) groups excluding carboxylic acids is 4. The van der Waals surface area contributed by atoms with Crippen molar-refractivity contribution in [2.24, 2.45) is 0 Å². The Morgan fingerprint density at radius 2 is 1.45 bits per heavy atom. The summed E-state index contributed by atoms with van der Waals surface area (Å²) in [6.07, 6.45) is -7.38. The Kier molecular flexibility index (Phi) is 9.73. The molecule has 5 atom stereocenters. The Morgan fingerprint density at radius 1 is 0.841 bits per heavy atom. The van der Waals surface area contributed by atoms with Crippen molar-refractivity contribution in [2.75, 3.05) is 13.7 Å². The number of phenols is 1. The number of hydrogen-bond donors (Lipinski definition) is 1. The molecule has 0 bridgehead atoms. The summed E-state index contributed by atoms with van der Waals surface area (Å²) in [5.74, 6) is -4.09. The number of ether oxygens (including phenoxy) is 7. The number of aromatic hydroxyl groups is 1. The number of rotatable bonds is 9. The standard InChI is InChI=1S/C30H30O14/c1-14(31)38-13-23-27(39-15(2)32)28(40-16(3)33)29(41-17(4)34)30(44-23)43-22-12-21-24(25(36)26(22)37-5)19(35)11-20(42-21)18-9-7-6-8-10-18/h6-12,23,27-30,36H,13H2,1-5H3. The molecule has 2 heterocycles. The zero-order chi connectivity index (χ0) is 32.1. The third-order valence-corrected chi connectivity index (χ3v) is 6.37. The number of phenolic OH excluding ortho intramolecular Hbond substituents is 1. The Morgan fingerprint density at radius 3 is 2.05 bits per heavy atom. The highest BCUT2D eigenvalue weighted by Gasteiger charge is 2.53. The van der Waals surface area contributed by atoms with Crippen molar-refractivity contribution >= 4 is 34.8 Å². The predicted molar refractivity (Wildman–Crippen MR) is 149 cm³/mol. The largest absolute Gasteiger partial charge is 0.504 e. The molecule has 0 amide bonds. The van der Waals surface area contributed by atoms with Gasteiger partial charge in [-0.2, -0.15) is 0 Å². The van der Waals surface area contributed by atoms with E-state index in [0.717, 1.165) is 27.7 Å². The molecule has 14 heteroatoms. The lowest BCUT2D eigenvalue weighted by Crippen LogP contribution is -2.63. The van der Waals surface area contributed by atoms with Crippen molar-refractivity contribution < 1.29 is 61.9 Å². The number of fused-ring (bicyclic) bond motifs is 1. The monoisotopic (exact) mass is 614 g/mol. The van der Waals surface area contributed by atoms with Crippen LogP contribution < -0.4 is 14.9 Å². The molecule has 44 heavy (non-hydrogen) atoms. The van der Waals surface area contributed by atoms with E-state index in [0.29, 0.717) is 5.56 Å². The first kappa shape index (κ1) is 31.8. The summed E-state index contributed by atoms with van der Waals surface area (Å²) >= 11 is 0. The smallest absolute Gasteiger partial charge is 0.303 e. The van der Waals surface area contributed by atoms with Crippen LogP contribution in [0.15, 0.2) is 51.7 Å². The first-order valence-electron chi connectivity index (χ1n) is 13.3. The maximum Gasteiger partial charge on any atom is 0.303 e. The second kappa shape index (κ2) is 13.5. The number of benzene rings is 2. The summed E-state index contributed by atoms with van der Waals surface area (Å²) in [6.45, 7) is 3.92. The highest BCUT2D eigenvalue weighted by molar-refractivity contribution is 5.89. The molecule has 0 saturated carbocycles. The molecule has 2 aromatic carbocycles. The normalized spacial score (nSPS) is 21.2. The lowest BCUT2D eigenvalue weighted by Gasteiger charge is -2.44. The molecule has 1 saturated heterocycles. The van der Waals surface area contributed by atoms with Crippen LogP contribution in [0.5, 0.6) is 17.2 Å². The summed E-state index contributed by atoms with van der Waals surface area (Å²) in [7, 11) is 1.21. The van der Waals surface area contributed by atoms with Gasteiger partial charge < -0.3 is 42.7 Å². The first-order chi connectivity index (χ1) is 20.9. The highest BCUT2D eigenvalue weighted by Crippen LogP contribution is 2.44. The molecule has 1 N–H and O–H groups in total. The van der Waals surface area contributed by atoms with E-state index in [2.05, 4.69) is 0 Å². The zero-order valence-corrected chi connectivity index (χ0v) is 24.4. The fourth-order valence-electron chi connectivity index (χ4n) is 4.70. The molecular weight excluding hydrogens is 584 g/mol. The van der Waals surface area contributed by atoms with Crippen LogP contribution in [-0.2, 0) is 42.9 Å². The maximum absolute atomic E-state index is 13.0. The Labute approximate surface area is 250 Å². The lowest BCUT2D eigenvalue weighted by molar-refractivity contribution is -0.288. The van der Waals surface area contributed by atoms with Crippen LogP contribution in [0, 0.1) is 0 Å². The lowest BCUT2D eigenvalue weighted by atomic mass is 9.98. The molecule has 1 aromatic heterocycles. The average molecular weight is 615 g/mol. The molecule has 14 nitrogen and oxygen atoms in total. The second-order valence-electron chi connectivity index (χ2n) is 9.66. The van der Waals surface area contributed by atoms with Crippen molar-refractivity contribution in [1.82, 2.24) is 0 Å². The van der Waals surface area contributed by atoms with Gasteiger partial charge in [-0.05, 0) is 0 Å². The van der Waals surface area contributed by atoms with Crippen LogP contribution >= 0.6 is 0 Å². The van der Waals surface area contributed by atoms with Gasteiger partial charge in [-0.3, -0.25) is 24.0 Å². The Bertz CT molecular complexity index is 1610. The summed E-state index contributed by atoms with van der Waals surface area (Å²) in [6, 6.07) is 11.2. The summed E-state index contributed by atoms with van der Waals surface area (Å²) in [4.78, 5) is 60.9. The third kappa shape index (κ3) is 7.09. The van der Waals surface area contributed by atoms with Crippen molar-refractivity contribution in [1.29, 1.82) is 0 Å². The van der Waals surface area contributed by atoms with E-state index in [1.54, 1.807) is 30.3 Å². The van der Waals surface area contributed by atoms with Crippen molar-refractivity contribution in [3.8, 4) is 28.6 Å². The SMILES string of the molecule is COc1c(OC2OC(COC(C)=O)C(OC(C)=O)C(OC(C)=O)C2OC(C)=O)cc2oc(-c3ccccc3)cc(=O)c2c1O. The van der Waals surface area contributed by atoms with Gasteiger partial charge in [0, 0.05) is 45.4 Å². The molecule has 0 spiro atoms. The van der Waals surface area contributed by atoms with Gasteiger partial charge in [0.1, 0.15) is 29.4 Å². The third-order valence-electron chi connectivity index (χ3n) is 6.37. The second-order valence-corrected chi connectivity index (χ2v) is 9.66. The van der Waals surface area contributed by atoms with E-state index in [-0.39, 0.29) is 28.2 Å². The molecule has 0 aliphatic carbocycles. The quantitative estimate of drug-likeness (QED) is 0.274. The predicted octanol–water partition coefficient (Wildman–Crippen LogP) is 2.64. The molecule has 1 aliphatic heterocycles. The van der Waals surface area contributed by atoms with E-state index in [9.17, 15) is 29.1 Å². The van der Waals surface area contributed by atoms with E-state index >= 15 is 0 Å². The molecule has 0 radical (unpaired) electrons. The van der Waals surface area contributed by atoms with Crippen LogP contribution in [0.1, 0.15) is 27.7 Å². The minimum absolute atomic E-state index is 0.0877. The fourth-order valence-corrected chi connectivity index (χ4v) is 4.70. The zero-order valence-electron chi connectivity index (χ0n) is 24.4. The average Bonchev–Trinajstić information content (AvgIpc) is 2.94. The van der Waals surface area contributed by atoms with E-state index in [1.807, 2.05) is 0 Å². The summed E-state index contributed by atoms with van der Waals surface area (Å²) in [5, 5.41) is 10.8. The van der Waals surface area contributed by atoms with Gasteiger partial charge in [-0.1, -0.05) is 30.3 Å². The molecule has 5 unspecified atom stereocenters. The van der Waals surface area contributed by atoms with E-state index in [4.69, 9.17) is 37.6 Å². The van der Waals surface area contributed by atoms with Gasteiger partial charge in [0.05, 0.1) is 7.11 Å². The van der Waals surface area contributed by atoms with Crippen molar-refractivity contribution in [2.45, 2.75) is 58.4 Å². The van der Waals surface area contributed by atoms with E-state index in [1.165, 1.54) is 19.2 Å². The minimum atomic E-state index is -1.63. The summed E-state index contributed by atoms with van der Waals surface area (Å²) in [5.41, 5.74) is -0.0705. The van der Waals surface area contributed by atoms with Crippen LogP contribution in [0.3, 0.4) is 0 Å². The topological polar surface area (TPSA) is 183 Å². The molecule has 4 rings (SSSR count). The summed E-state index contributed by atoms with van der Waals surface area (Å²) < 4.78 is 44.6. The van der Waals surface area contributed by atoms with Gasteiger partial charge in [0.2, 0.25) is 18.1 Å². The first-order valence-corrected chi connectivity index (χ1v) is 13.3. The van der Waals surface area contributed by atoms with Crippen LogP contribution in [0.4, 0.5) is 0 Å². The molecule has 1 fully saturated rings. The number of carbonyl (C=O) groups is 4. The highest BCUT2D eigenvalue weighted by atomic mass is 16.7. The molecular formula is C30H30O14. The minimum Gasteiger partial charge on any atom is -0.504 e. The van der Waals surface area contributed by atoms with Crippen molar-refractivity contribution in [3.05, 3.63) is 52.7 Å². The fraction of sp³-hybridized carbons (Fsp3) is 0.367. The van der Waals surface area contributed by atoms with E-state index < -0.39 is 72.4 Å². The van der Waals surface area contributed by atoms with Crippen LogP contribution in [0.2, 0.25) is 0 Å². The Balaban J connectivity index is 1.84. The van der Waals surface area contributed by atoms with Gasteiger partial charge >= 0.3 is 23.9 Å².